The summed E-state index contributed by atoms with van der Waals surface area (Å²) in [4.78, 5) is 14.7. The molecule has 0 aliphatic rings. The fraction of sp³-hybridized carbons (Fsp3) is 0.208. The molecule has 4 aromatic rings. The number of fused-ring (bicyclic) bond motifs is 1. The van der Waals surface area contributed by atoms with Crippen LogP contribution in [0.1, 0.15) is 19.4 Å². The summed E-state index contributed by atoms with van der Waals surface area (Å²) in [7, 11) is -3.80. The number of imidazole rings is 1. The van der Waals surface area contributed by atoms with Crippen molar-refractivity contribution < 1.29 is 8.42 Å². The van der Waals surface area contributed by atoms with Crippen LogP contribution in [0, 0.1) is 6.92 Å². The number of nitrogens with one attached hydrogen (secondary N) is 1. The maximum atomic E-state index is 13.1. The molecule has 0 fully saturated rings. The van der Waals surface area contributed by atoms with Gasteiger partial charge in [0, 0.05) is 22.9 Å². The molecule has 6 nitrogen and oxygen atoms in total. The van der Waals surface area contributed by atoms with Gasteiger partial charge in [-0.25, -0.2) is 13.2 Å². The van der Waals surface area contributed by atoms with Gasteiger partial charge in [-0.15, -0.1) is 0 Å². The molecular weight excluding hydrogens is 442 g/mol. The molecule has 0 aliphatic heterocycles. The number of anilines is 1. The molecule has 0 spiro atoms. The number of aromatic nitrogens is 2. The zero-order valence-electron chi connectivity index (χ0n) is 18.2. The highest BCUT2D eigenvalue weighted by Gasteiger charge is 2.20. The summed E-state index contributed by atoms with van der Waals surface area (Å²) < 4.78 is 32.4. The van der Waals surface area contributed by atoms with Gasteiger partial charge < -0.3 is 0 Å². The van der Waals surface area contributed by atoms with Gasteiger partial charge in [-0.1, -0.05) is 47.7 Å². The molecule has 3 aromatic carbocycles. The third kappa shape index (κ3) is 4.20. The maximum Gasteiger partial charge on any atom is 0.329 e. The molecule has 166 valence electrons. The van der Waals surface area contributed by atoms with E-state index in [-0.39, 0.29) is 10.6 Å². The summed E-state index contributed by atoms with van der Waals surface area (Å²) in [6.07, 6.45) is 0. The third-order valence-electron chi connectivity index (χ3n) is 5.30. The van der Waals surface area contributed by atoms with Gasteiger partial charge in [0.15, 0.2) is 0 Å². The highest BCUT2D eigenvalue weighted by Crippen LogP contribution is 2.37. The van der Waals surface area contributed by atoms with E-state index in [2.05, 4.69) is 4.72 Å². The number of hydrogen-bond acceptors (Lipinski definition) is 4. The Hall–Kier alpha value is -2.97. The summed E-state index contributed by atoms with van der Waals surface area (Å²) in [5, 5.41) is 0. The van der Waals surface area contributed by atoms with E-state index in [0.29, 0.717) is 24.3 Å². The first kappa shape index (κ1) is 22.2. The molecule has 8 heteroatoms. The van der Waals surface area contributed by atoms with Crippen LogP contribution in [0.25, 0.3) is 11.0 Å². The SMILES string of the molecule is CCn1c(=O)n(CC)c2cc(Sc3ccccc3)c(NS(=O)(=O)c3ccc(C)cc3)cc21. The summed E-state index contributed by atoms with van der Waals surface area (Å²) in [5.41, 5.74) is 2.83. The number of hydrogen-bond donors (Lipinski definition) is 1. The number of aryl methyl sites for hydroxylation is 3. The second-order valence-electron chi connectivity index (χ2n) is 7.44. The normalized spacial score (nSPS) is 11.7. The van der Waals surface area contributed by atoms with Crippen molar-refractivity contribution in [3.63, 3.8) is 0 Å². The molecule has 0 aliphatic carbocycles. The van der Waals surface area contributed by atoms with Crippen LogP contribution in [-0.4, -0.2) is 17.6 Å². The van der Waals surface area contributed by atoms with Crippen LogP contribution in [0.15, 0.2) is 86.2 Å². The highest BCUT2D eigenvalue weighted by atomic mass is 32.2. The van der Waals surface area contributed by atoms with Gasteiger partial charge >= 0.3 is 5.69 Å². The van der Waals surface area contributed by atoms with E-state index in [0.717, 1.165) is 20.9 Å². The van der Waals surface area contributed by atoms with Gasteiger partial charge in [-0.05, 0) is 57.2 Å². The van der Waals surface area contributed by atoms with Gasteiger partial charge in [0.1, 0.15) is 0 Å². The van der Waals surface area contributed by atoms with Crippen molar-refractivity contribution >= 4 is 38.5 Å². The van der Waals surface area contributed by atoms with Crippen molar-refractivity contribution in [2.24, 2.45) is 0 Å². The Morgan fingerprint density at radius 1 is 0.875 bits per heavy atom. The second-order valence-corrected chi connectivity index (χ2v) is 10.2. The lowest BCUT2D eigenvalue weighted by Crippen LogP contribution is -2.23. The molecule has 4 rings (SSSR count). The molecule has 0 saturated heterocycles. The van der Waals surface area contributed by atoms with E-state index in [1.54, 1.807) is 39.5 Å². The molecular formula is C24H25N3O3S2. The molecule has 0 saturated carbocycles. The molecule has 32 heavy (non-hydrogen) atoms. The van der Waals surface area contributed by atoms with E-state index in [9.17, 15) is 13.2 Å². The number of benzene rings is 3. The number of nitrogens with zero attached hydrogens (tertiary/aromatic N) is 2. The first-order valence-corrected chi connectivity index (χ1v) is 12.7. The first-order valence-electron chi connectivity index (χ1n) is 10.4. The molecule has 0 bridgehead atoms. The highest BCUT2D eigenvalue weighted by molar-refractivity contribution is 7.99. The van der Waals surface area contributed by atoms with Crippen molar-refractivity contribution in [2.45, 2.75) is 48.5 Å². The van der Waals surface area contributed by atoms with Gasteiger partial charge in [-0.2, -0.15) is 0 Å². The number of sulfonamides is 1. The van der Waals surface area contributed by atoms with E-state index in [4.69, 9.17) is 0 Å². The average molecular weight is 468 g/mol. The topological polar surface area (TPSA) is 73.1 Å². The lowest BCUT2D eigenvalue weighted by atomic mass is 10.2. The quantitative estimate of drug-likeness (QED) is 0.410. The Morgan fingerprint density at radius 3 is 2.06 bits per heavy atom. The van der Waals surface area contributed by atoms with Gasteiger partial charge in [-0.3, -0.25) is 13.9 Å². The zero-order chi connectivity index (χ0) is 22.9. The molecule has 1 N–H and O–H groups in total. The fourth-order valence-corrected chi connectivity index (χ4v) is 5.73. The molecule has 0 amide bonds. The van der Waals surface area contributed by atoms with Crippen molar-refractivity contribution in [3.8, 4) is 0 Å². The maximum absolute atomic E-state index is 13.1. The monoisotopic (exact) mass is 467 g/mol. The zero-order valence-corrected chi connectivity index (χ0v) is 19.8. The van der Waals surface area contributed by atoms with Crippen LogP contribution in [0.2, 0.25) is 0 Å². The Labute approximate surface area is 191 Å². The van der Waals surface area contributed by atoms with Crippen LogP contribution in [0.5, 0.6) is 0 Å². The molecule has 0 atom stereocenters. The smallest absolute Gasteiger partial charge is 0.292 e. The molecule has 0 radical (unpaired) electrons. The summed E-state index contributed by atoms with van der Waals surface area (Å²) in [6, 6.07) is 20.1. The van der Waals surface area contributed by atoms with E-state index < -0.39 is 10.0 Å². The van der Waals surface area contributed by atoms with Crippen molar-refractivity contribution in [1.29, 1.82) is 0 Å². The lowest BCUT2D eigenvalue weighted by Gasteiger charge is -2.14. The van der Waals surface area contributed by atoms with Crippen LogP contribution in [0.4, 0.5) is 5.69 Å². The van der Waals surface area contributed by atoms with Crippen molar-refractivity contribution in [3.05, 3.63) is 82.8 Å². The Bertz CT molecular complexity index is 1420. The van der Waals surface area contributed by atoms with Crippen LogP contribution in [0.3, 0.4) is 0 Å². The average Bonchev–Trinajstić information content (AvgIpc) is 3.04. The third-order valence-corrected chi connectivity index (χ3v) is 7.75. The summed E-state index contributed by atoms with van der Waals surface area (Å²) in [6.45, 7) is 6.78. The molecule has 0 unspecified atom stereocenters. The standard InChI is InChI=1S/C24H25N3O3S2/c1-4-26-21-15-20(25-32(29,30)19-13-11-17(3)12-14-19)23(31-18-9-7-6-8-10-18)16-22(21)27(5-2)24(26)28/h6-16,25H,4-5H2,1-3H3. The Morgan fingerprint density at radius 2 is 1.47 bits per heavy atom. The van der Waals surface area contributed by atoms with Crippen molar-refractivity contribution in [2.75, 3.05) is 4.72 Å². The Kier molecular flexibility index (Phi) is 6.17. The number of rotatable bonds is 7. The first-order chi connectivity index (χ1) is 15.3. The van der Waals surface area contributed by atoms with Crippen LogP contribution < -0.4 is 10.4 Å². The van der Waals surface area contributed by atoms with Gasteiger partial charge in [0.2, 0.25) is 0 Å². The van der Waals surface area contributed by atoms with Gasteiger partial charge in [0.05, 0.1) is 21.6 Å². The van der Waals surface area contributed by atoms with E-state index in [1.807, 2.05) is 57.2 Å². The van der Waals surface area contributed by atoms with E-state index >= 15 is 0 Å². The van der Waals surface area contributed by atoms with Gasteiger partial charge in [0.25, 0.3) is 10.0 Å². The lowest BCUT2D eigenvalue weighted by molar-refractivity contribution is 0.601. The Balaban J connectivity index is 1.89. The minimum absolute atomic E-state index is 0.0980. The second kappa shape index (κ2) is 8.88. The predicted octanol–water partition coefficient (Wildman–Crippen LogP) is 5.10. The minimum Gasteiger partial charge on any atom is -0.292 e. The molecule has 1 aromatic heterocycles. The predicted molar refractivity (Wildman–Crippen MR) is 130 cm³/mol. The fourth-order valence-electron chi connectivity index (χ4n) is 3.65. The van der Waals surface area contributed by atoms with E-state index in [1.165, 1.54) is 11.8 Å². The minimum atomic E-state index is -3.80. The largest absolute Gasteiger partial charge is 0.329 e. The van der Waals surface area contributed by atoms with Crippen LogP contribution >= 0.6 is 11.8 Å². The summed E-state index contributed by atoms with van der Waals surface area (Å²) in [5.74, 6) is 0. The van der Waals surface area contributed by atoms with Crippen molar-refractivity contribution in [1.82, 2.24) is 9.13 Å². The molecule has 1 heterocycles. The van der Waals surface area contributed by atoms with Crippen LogP contribution in [-0.2, 0) is 23.1 Å². The summed E-state index contributed by atoms with van der Waals surface area (Å²) >= 11 is 1.46.